The number of hydrogen-bond donors (Lipinski definition) is 2. The van der Waals surface area contributed by atoms with Crippen LogP contribution < -0.4 is 11.3 Å². The number of nitrogens with one attached hydrogen (secondary N) is 1. The van der Waals surface area contributed by atoms with Crippen LogP contribution in [0.15, 0.2) is 11.4 Å². The van der Waals surface area contributed by atoms with Gasteiger partial charge in [-0.1, -0.05) is 0 Å². The van der Waals surface area contributed by atoms with Gasteiger partial charge in [-0.25, -0.2) is 20.8 Å². The van der Waals surface area contributed by atoms with E-state index in [0.29, 0.717) is 24.7 Å². The van der Waals surface area contributed by atoms with Crippen molar-refractivity contribution in [3.05, 3.63) is 33.7 Å². The highest BCUT2D eigenvalue weighted by Crippen LogP contribution is 2.14. The fourth-order valence-corrected chi connectivity index (χ4v) is 2.31. The Kier molecular flexibility index (Phi) is 4.19. The highest BCUT2D eigenvalue weighted by Gasteiger charge is 2.07. The number of ether oxygens (including phenoxy) is 1. The third-order valence-corrected chi connectivity index (χ3v) is 3.21. The van der Waals surface area contributed by atoms with E-state index in [4.69, 9.17) is 10.6 Å². The minimum absolute atomic E-state index is 0.432. The van der Waals surface area contributed by atoms with E-state index in [1.54, 1.807) is 24.5 Å². The molecule has 0 aliphatic heterocycles. The Bertz CT molecular complexity index is 528. The van der Waals surface area contributed by atoms with Gasteiger partial charge in [0.25, 0.3) is 0 Å². The van der Waals surface area contributed by atoms with Gasteiger partial charge in [0.15, 0.2) is 0 Å². The van der Waals surface area contributed by atoms with Crippen molar-refractivity contribution in [2.24, 2.45) is 5.84 Å². The monoisotopic (exact) mass is 265 g/mol. The topological polar surface area (TPSA) is 86.0 Å². The zero-order valence-electron chi connectivity index (χ0n) is 10.3. The van der Waals surface area contributed by atoms with Gasteiger partial charge in [-0.3, -0.25) is 0 Å². The van der Waals surface area contributed by atoms with E-state index in [1.807, 2.05) is 12.3 Å². The largest absolute Gasteiger partial charge is 0.378 e. The molecular formula is C11H15N5OS. The molecular weight excluding hydrogens is 250 g/mol. The second kappa shape index (κ2) is 5.85. The maximum atomic E-state index is 5.39. The Balaban J connectivity index is 2.23. The van der Waals surface area contributed by atoms with E-state index >= 15 is 0 Å². The summed E-state index contributed by atoms with van der Waals surface area (Å²) >= 11 is 1.60. The lowest BCUT2D eigenvalue weighted by molar-refractivity contribution is 0.181. The summed E-state index contributed by atoms with van der Waals surface area (Å²) < 4.78 is 5.06. The van der Waals surface area contributed by atoms with Crippen molar-refractivity contribution in [3.63, 3.8) is 0 Å². The molecule has 7 heteroatoms. The van der Waals surface area contributed by atoms with Crippen molar-refractivity contribution < 1.29 is 4.74 Å². The van der Waals surface area contributed by atoms with Crippen LogP contribution in [0.25, 0.3) is 0 Å². The van der Waals surface area contributed by atoms with Crippen LogP contribution in [0, 0.1) is 6.92 Å². The first kappa shape index (κ1) is 12.9. The van der Waals surface area contributed by atoms with Crippen molar-refractivity contribution in [2.75, 3.05) is 12.5 Å². The Labute approximate surface area is 109 Å². The molecule has 0 aromatic carbocycles. The summed E-state index contributed by atoms with van der Waals surface area (Å²) in [5.74, 6) is 6.66. The number of methoxy groups -OCH3 is 1. The van der Waals surface area contributed by atoms with Crippen molar-refractivity contribution >= 4 is 17.2 Å². The number of anilines is 1. The van der Waals surface area contributed by atoms with E-state index in [0.717, 1.165) is 16.4 Å². The molecule has 0 fully saturated rings. The minimum Gasteiger partial charge on any atom is -0.378 e. The summed E-state index contributed by atoms with van der Waals surface area (Å²) in [5.41, 5.74) is 4.34. The lowest BCUT2D eigenvalue weighted by atomic mass is 10.3. The fourth-order valence-electron chi connectivity index (χ4n) is 1.55. The molecule has 0 radical (unpaired) electrons. The average Bonchev–Trinajstić information content (AvgIpc) is 2.75. The Hall–Kier alpha value is -1.57. The number of hydrogen-bond acceptors (Lipinski definition) is 7. The molecule has 0 saturated heterocycles. The second-order valence-corrected chi connectivity index (χ2v) is 4.74. The first-order valence-electron chi connectivity index (χ1n) is 5.44. The molecule has 96 valence electrons. The quantitative estimate of drug-likeness (QED) is 0.625. The highest BCUT2D eigenvalue weighted by molar-refractivity contribution is 7.09. The van der Waals surface area contributed by atoms with Gasteiger partial charge in [0, 0.05) is 24.3 Å². The van der Waals surface area contributed by atoms with Crippen LogP contribution in [0.1, 0.15) is 22.2 Å². The van der Waals surface area contributed by atoms with Crippen LogP contribution in [0.5, 0.6) is 0 Å². The van der Waals surface area contributed by atoms with Gasteiger partial charge in [0.2, 0.25) is 0 Å². The molecule has 3 N–H and O–H groups in total. The SMILES string of the molecule is COCc1cc(NN)nc(Cc2nc(C)cs2)n1. The predicted molar refractivity (Wildman–Crippen MR) is 70.2 cm³/mol. The maximum Gasteiger partial charge on any atom is 0.144 e. The number of rotatable bonds is 5. The zero-order chi connectivity index (χ0) is 13.0. The molecule has 2 heterocycles. The Morgan fingerprint density at radius 2 is 2.22 bits per heavy atom. The first-order valence-corrected chi connectivity index (χ1v) is 6.32. The van der Waals surface area contributed by atoms with E-state index in [9.17, 15) is 0 Å². The van der Waals surface area contributed by atoms with Gasteiger partial charge in [-0.15, -0.1) is 11.3 Å². The van der Waals surface area contributed by atoms with E-state index in [1.165, 1.54) is 0 Å². The molecule has 0 atom stereocenters. The number of nitrogens with two attached hydrogens (primary N) is 1. The average molecular weight is 265 g/mol. The van der Waals surface area contributed by atoms with Crippen LogP contribution in [0.4, 0.5) is 5.82 Å². The number of hydrazine groups is 1. The molecule has 0 amide bonds. The summed E-state index contributed by atoms with van der Waals surface area (Å²) in [6.07, 6.45) is 0.602. The van der Waals surface area contributed by atoms with Crippen LogP contribution in [0.2, 0.25) is 0 Å². The van der Waals surface area contributed by atoms with Crippen LogP contribution in [0.3, 0.4) is 0 Å². The molecule has 2 aromatic heterocycles. The van der Waals surface area contributed by atoms with Crippen molar-refractivity contribution in [1.82, 2.24) is 15.0 Å². The standard InChI is InChI=1S/C11H15N5OS/c1-7-6-18-11(13-7)4-9-14-8(5-17-2)3-10(15-9)16-12/h3,6H,4-5,12H2,1-2H3,(H,14,15,16). The Morgan fingerprint density at radius 3 is 2.83 bits per heavy atom. The van der Waals surface area contributed by atoms with E-state index in [2.05, 4.69) is 20.4 Å². The van der Waals surface area contributed by atoms with Crippen molar-refractivity contribution in [2.45, 2.75) is 20.0 Å². The summed E-state index contributed by atoms with van der Waals surface area (Å²) in [5, 5.41) is 3.00. The van der Waals surface area contributed by atoms with Gasteiger partial charge in [0.05, 0.1) is 18.7 Å². The number of nitrogens with zero attached hydrogens (tertiary/aromatic N) is 3. The normalized spacial score (nSPS) is 10.6. The van der Waals surface area contributed by atoms with Gasteiger partial charge in [-0.2, -0.15) is 0 Å². The maximum absolute atomic E-state index is 5.39. The molecule has 2 rings (SSSR count). The highest BCUT2D eigenvalue weighted by atomic mass is 32.1. The molecule has 0 aliphatic carbocycles. The molecule has 6 nitrogen and oxygen atoms in total. The van der Waals surface area contributed by atoms with Crippen molar-refractivity contribution in [1.29, 1.82) is 0 Å². The van der Waals surface area contributed by atoms with Gasteiger partial charge >= 0.3 is 0 Å². The third-order valence-electron chi connectivity index (χ3n) is 2.24. The second-order valence-electron chi connectivity index (χ2n) is 3.80. The molecule has 0 spiro atoms. The van der Waals surface area contributed by atoms with Crippen LogP contribution >= 0.6 is 11.3 Å². The Morgan fingerprint density at radius 1 is 1.39 bits per heavy atom. The third kappa shape index (κ3) is 3.22. The number of thiazole rings is 1. The number of aromatic nitrogens is 3. The fraction of sp³-hybridized carbons (Fsp3) is 0.364. The number of aryl methyl sites for hydroxylation is 1. The lowest BCUT2D eigenvalue weighted by Gasteiger charge is -2.06. The summed E-state index contributed by atoms with van der Waals surface area (Å²) in [7, 11) is 1.63. The van der Waals surface area contributed by atoms with E-state index < -0.39 is 0 Å². The summed E-state index contributed by atoms with van der Waals surface area (Å²) in [6.45, 7) is 2.40. The van der Waals surface area contributed by atoms with Crippen LogP contribution in [-0.2, 0) is 17.8 Å². The van der Waals surface area contributed by atoms with Gasteiger partial charge in [-0.05, 0) is 6.92 Å². The number of nitrogen functional groups attached to an aromatic ring is 1. The molecule has 0 saturated carbocycles. The molecule has 0 aliphatic rings. The smallest absolute Gasteiger partial charge is 0.144 e. The molecule has 0 unspecified atom stereocenters. The summed E-state index contributed by atoms with van der Waals surface area (Å²) in [6, 6.07) is 1.76. The predicted octanol–water partition coefficient (Wildman–Crippen LogP) is 1.26. The van der Waals surface area contributed by atoms with E-state index in [-0.39, 0.29) is 0 Å². The lowest BCUT2D eigenvalue weighted by Crippen LogP contribution is -2.12. The van der Waals surface area contributed by atoms with Crippen molar-refractivity contribution in [3.8, 4) is 0 Å². The first-order chi connectivity index (χ1) is 8.71. The van der Waals surface area contributed by atoms with Crippen LogP contribution in [-0.4, -0.2) is 22.1 Å². The van der Waals surface area contributed by atoms with Gasteiger partial charge in [0.1, 0.15) is 16.6 Å². The zero-order valence-corrected chi connectivity index (χ0v) is 11.1. The summed E-state index contributed by atoms with van der Waals surface area (Å²) in [4.78, 5) is 13.1. The molecule has 2 aromatic rings. The van der Waals surface area contributed by atoms with Gasteiger partial charge < -0.3 is 10.2 Å². The molecule has 0 bridgehead atoms. The molecule has 18 heavy (non-hydrogen) atoms. The minimum atomic E-state index is 0.432.